The summed E-state index contributed by atoms with van der Waals surface area (Å²) >= 11 is 14.2. The number of aromatic nitrogens is 2. The number of ether oxygens (including phenoxy) is 2. The maximum Gasteiger partial charge on any atom is 0.220 e. The fraction of sp³-hybridized carbons (Fsp3) is 0.368. The monoisotopic (exact) mass is 714 g/mol. The smallest absolute Gasteiger partial charge is 0.220 e. The standard InChI is InChI=1S/C38H40Cl2N6O4/c1-49-36-23(19-41-18-16-25-11-14-32(47)42-25)9-12-30(43-36)28-7-3-5-26(34(28)39)27-6-4-8-29(35(27)40)31-13-10-24(37(44-31)50-2)20-46-21-38(22-46)17-15-33(48)45-38/h3-10,12-13,25,41H,11,14-22H2,1-2H3,(H,42,47)(H,45,48)/t25-/m0/s1. The zero-order valence-electron chi connectivity index (χ0n) is 28.2. The molecule has 1 atom stereocenters. The molecular formula is C38H40Cl2N6O4. The SMILES string of the molecule is COc1nc(-c2cccc(-c3cccc(-c4ccc(CN5CC6(CCC(=O)N6)C5)c(OC)n4)c3Cl)c2Cl)ccc1CNCC[C@@H]1CCC(=O)N1. The van der Waals surface area contributed by atoms with E-state index in [0.717, 1.165) is 72.3 Å². The van der Waals surface area contributed by atoms with Gasteiger partial charge in [0, 0.05) is 78.4 Å². The summed E-state index contributed by atoms with van der Waals surface area (Å²) in [5.74, 6) is 1.33. The molecule has 0 radical (unpaired) electrons. The van der Waals surface area contributed by atoms with Crippen molar-refractivity contribution >= 4 is 35.0 Å². The van der Waals surface area contributed by atoms with E-state index in [4.69, 9.17) is 42.6 Å². The summed E-state index contributed by atoms with van der Waals surface area (Å²) in [7, 11) is 3.23. The maximum atomic E-state index is 11.7. The molecule has 3 saturated heterocycles. The van der Waals surface area contributed by atoms with E-state index in [1.165, 1.54) is 0 Å². The summed E-state index contributed by atoms with van der Waals surface area (Å²) < 4.78 is 11.4. The number of methoxy groups -OCH3 is 2. The minimum absolute atomic E-state index is 0.0788. The number of halogens is 2. The zero-order valence-corrected chi connectivity index (χ0v) is 29.7. The molecule has 0 aliphatic carbocycles. The number of hydrogen-bond donors (Lipinski definition) is 3. The van der Waals surface area contributed by atoms with Crippen LogP contribution in [0.25, 0.3) is 33.6 Å². The van der Waals surface area contributed by atoms with E-state index in [-0.39, 0.29) is 23.4 Å². The molecule has 3 fully saturated rings. The topological polar surface area (TPSA) is 118 Å². The van der Waals surface area contributed by atoms with Gasteiger partial charge in [-0.1, -0.05) is 71.7 Å². The average molecular weight is 716 g/mol. The van der Waals surface area contributed by atoms with Gasteiger partial charge in [0.15, 0.2) is 0 Å². The second kappa shape index (κ2) is 14.6. The molecule has 12 heteroatoms. The van der Waals surface area contributed by atoms with Gasteiger partial charge in [0.05, 0.1) is 41.2 Å². The van der Waals surface area contributed by atoms with Crippen molar-refractivity contribution in [2.75, 3.05) is 33.9 Å². The molecule has 3 aliphatic heterocycles. The highest BCUT2D eigenvalue weighted by molar-refractivity contribution is 6.39. The van der Waals surface area contributed by atoms with Gasteiger partial charge in [-0.15, -0.1) is 0 Å². The Kier molecular flexibility index (Phi) is 9.97. The Morgan fingerprint density at radius 3 is 1.98 bits per heavy atom. The van der Waals surface area contributed by atoms with Crippen LogP contribution in [-0.2, 0) is 22.7 Å². The molecular weight excluding hydrogens is 675 g/mol. The molecule has 0 unspecified atom stereocenters. The average Bonchev–Trinajstić information content (AvgIpc) is 3.72. The van der Waals surface area contributed by atoms with Crippen LogP contribution >= 0.6 is 23.2 Å². The number of pyridine rings is 2. The van der Waals surface area contributed by atoms with E-state index in [0.29, 0.717) is 59.1 Å². The van der Waals surface area contributed by atoms with Crippen LogP contribution in [0, 0.1) is 0 Å². The summed E-state index contributed by atoms with van der Waals surface area (Å²) in [6.07, 6.45) is 3.86. The number of nitrogens with zero attached hydrogens (tertiary/aromatic N) is 3. The maximum absolute atomic E-state index is 11.7. The minimum Gasteiger partial charge on any atom is -0.481 e. The van der Waals surface area contributed by atoms with Crippen LogP contribution in [0.4, 0.5) is 0 Å². The van der Waals surface area contributed by atoms with E-state index >= 15 is 0 Å². The highest BCUT2D eigenvalue weighted by Gasteiger charge is 2.47. The number of hydrogen-bond acceptors (Lipinski definition) is 8. The molecule has 3 N–H and O–H groups in total. The van der Waals surface area contributed by atoms with Gasteiger partial charge in [-0.05, 0) is 37.9 Å². The number of carbonyl (C=O) groups excluding carboxylic acids is 2. The van der Waals surface area contributed by atoms with Crippen molar-refractivity contribution in [1.82, 2.24) is 30.8 Å². The second-order valence-electron chi connectivity index (χ2n) is 13.3. The van der Waals surface area contributed by atoms with Crippen LogP contribution in [0.2, 0.25) is 10.0 Å². The van der Waals surface area contributed by atoms with Crippen molar-refractivity contribution in [3.63, 3.8) is 0 Å². The molecule has 260 valence electrons. The first-order chi connectivity index (χ1) is 24.3. The lowest BCUT2D eigenvalue weighted by Gasteiger charge is -2.48. The molecule has 2 amide bonds. The van der Waals surface area contributed by atoms with Crippen LogP contribution in [-0.4, -0.2) is 72.1 Å². The summed E-state index contributed by atoms with van der Waals surface area (Å²) in [6.45, 7) is 3.69. The lowest BCUT2D eigenvalue weighted by Crippen LogP contribution is -2.66. The molecule has 3 aliphatic rings. The van der Waals surface area contributed by atoms with Gasteiger partial charge >= 0.3 is 0 Å². The number of likely N-dealkylation sites (tertiary alicyclic amines) is 1. The zero-order chi connectivity index (χ0) is 34.8. The number of nitrogens with one attached hydrogen (secondary N) is 3. The fourth-order valence-electron chi connectivity index (χ4n) is 7.29. The Bertz CT molecular complexity index is 1930. The molecule has 2 aromatic heterocycles. The lowest BCUT2D eigenvalue weighted by atomic mass is 9.88. The molecule has 0 saturated carbocycles. The van der Waals surface area contributed by atoms with Gasteiger partial charge in [0.25, 0.3) is 0 Å². The molecule has 50 heavy (non-hydrogen) atoms. The summed E-state index contributed by atoms with van der Waals surface area (Å²) in [5.41, 5.74) is 6.27. The first-order valence-electron chi connectivity index (χ1n) is 17.0. The van der Waals surface area contributed by atoms with E-state index in [1.54, 1.807) is 14.2 Å². The van der Waals surface area contributed by atoms with Gasteiger partial charge in [0.2, 0.25) is 23.6 Å². The third-order valence-electron chi connectivity index (χ3n) is 9.86. The van der Waals surface area contributed by atoms with Crippen LogP contribution in [0.15, 0.2) is 60.7 Å². The Hall–Kier alpha value is -4.22. The number of benzene rings is 2. The van der Waals surface area contributed by atoms with Gasteiger partial charge < -0.3 is 25.4 Å². The Labute approximate surface area is 301 Å². The van der Waals surface area contributed by atoms with Crippen molar-refractivity contribution in [2.45, 2.75) is 56.8 Å². The lowest BCUT2D eigenvalue weighted by molar-refractivity contribution is -0.121. The molecule has 2 aromatic carbocycles. The van der Waals surface area contributed by atoms with E-state index < -0.39 is 0 Å². The summed E-state index contributed by atoms with van der Waals surface area (Å²) in [5, 5.41) is 10.6. The highest BCUT2D eigenvalue weighted by atomic mass is 35.5. The third kappa shape index (κ3) is 7.03. The first-order valence-corrected chi connectivity index (χ1v) is 17.7. The summed E-state index contributed by atoms with van der Waals surface area (Å²) in [4.78, 5) is 35.2. The number of carbonyl (C=O) groups is 2. The molecule has 1 spiro atoms. The third-order valence-corrected chi connectivity index (χ3v) is 10.7. The highest BCUT2D eigenvalue weighted by Crippen LogP contribution is 2.43. The fourth-order valence-corrected chi connectivity index (χ4v) is 7.94. The van der Waals surface area contributed by atoms with Crippen molar-refractivity contribution < 1.29 is 19.1 Å². The first kappa shape index (κ1) is 34.2. The van der Waals surface area contributed by atoms with Crippen LogP contribution < -0.4 is 25.4 Å². The van der Waals surface area contributed by atoms with E-state index in [9.17, 15) is 9.59 Å². The molecule has 4 aromatic rings. The quantitative estimate of drug-likeness (QED) is 0.153. The van der Waals surface area contributed by atoms with Crippen LogP contribution in [0.1, 0.15) is 43.2 Å². The van der Waals surface area contributed by atoms with E-state index in [1.807, 2.05) is 60.7 Å². The van der Waals surface area contributed by atoms with Gasteiger partial charge in [-0.25, -0.2) is 9.97 Å². The Balaban J connectivity index is 1.08. The largest absolute Gasteiger partial charge is 0.481 e. The predicted molar refractivity (Wildman–Crippen MR) is 194 cm³/mol. The van der Waals surface area contributed by atoms with Gasteiger partial charge in [-0.2, -0.15) is 0 Å². The second-order valence-corrected chi connectivity index (χ2v) is 14.1. The van der Waals surface area contributed by atoms with Crippen molar-refractivity contribution in [3.05, 3.63) is 81.8 Å². The normalized spacial score (nSPS) is 18.2. The van der Waals surface area contributed by atoms with E-state index in [2.05, 4.69) is 20.9 Å². The Morgan fingerprint density at radius 2 is 1.42 bits per heavy atom. The van der Waals surface area contributed by atoms with Crippen LogP contribution in [0.3, 0.4) is 0 Å². The number of amides is 2. The number of rotatable bonds is 12. The minimum atomic E-state index is -0.0788. The predicted octanol–water partition coefficient (Wildman–Crippen LogP) is 6.02. The Morgan fingerprint density at radius 1 is 0.820 bits per heavy atom. The molecule has 0 bridgehead atoms. The van der Waals surface area contributed by atoms with Crippen molar-refractivity contribution in [2.24, 2.45) is 0 Å². The molecule has 10 nitrogen and oxygen atoms in total. The molecule has 5 heterocycles. The summed E-state index contributed by atoms with van der Waals surface area (Å²) in [6, 6.07) is 19.8. The van der Waals surface area contributed by atoms with Crippen LogP contribution in [0.5, 0.6) is 11.8 Å². The van der Waals surface area contributed by atoms with Crippen molar-refractivity contribution in [1.29, 1.82) is 0 Å². The van der Waals surface area contributed by atoms with Crippen molar-refractivity contribution in [3.8, 4) is 45.4 Å². The van der Waals surface area contributed by atoms with Gasteiger partial charge in [-0.3, -0.25) is 14.5 Å². The van der Waals surface area contributed by atoms with Gasteiger partial charge in [0.1, 0.15) is 0 Å². The molecule has 7 rings (SSSR count).